The Balaban J connectivity index is 1.83. The highest BCUT2D eigenvalue weighted by Crippen LogP contribution is 2.32. The first-order valence-electron chi connectivity index (χ1n) is 7.05. The molecule has 0 aliphatic heterocycles. The Bertz CT molecular complexity index is 718. The lowest BCUT2D eigenvalue weighted by atomic mass is 10.2. The molecule has 1 aromatic carbocycles. The van der Waals surface area contributed by atoms with Crippen LogP contribution in [0, 0.1) is 0 Å². The average Bonchev–Trinajstić information content (AvgIpc) is 3.15. The van der Waals surface area contributed by atoms with Crippen LogP contribution in [-0.4, -0.2) is 7.11 Å². The van der Waals surface area contributed by atoms with Gasteiger partial charge in [-0.25, -0.2) is 0 Å². The van der Waals surface area contributed by atoms with Crippen molar-refractivity contribution >= 4 is 22.3 Å². The van der Waals surface area contributed by atoms with Crippen LogP contribution in [0.4, 0.5) is 0 Å². The summed E-state index contributed by atoms with van der Waals surface area (Å²) in [7, 11) is 1.66. The summed E-state index contributed by atoms with van der Waals surface area (Å²) in [4.78, 5) is 1.33. The molecule has 0 radical (unpaired) electrons. The number of ether oxygens (including phenoxy) is 1. The summed E-state index contributed by atoms with van der Waals surface area (Å²) in [5, 5.41) is 6.75. The van der Waals surface area contributed by atoms with Crippen LogP contribution >= 0.6 is 11.3 Å². The third kappa shape index (κ3) is 2.82. The molecule has 2 aromatic heterocycles. The molecule has 0 saturated heterocycles. The largest absolute Gasteiger partial charge is 0.493 e. The molecule has 0 amide bonds. The van der Waals surface area contributed by atoms with Crippen molar-refractivity contribution in [1.82, 2.24) is 5.32 Å². The summed E-state index contributed by atoms with van der Waals surface area (Å²) < 4.78 is 11.3. The third-order valence-corrected chi connectivity index (χ3v) is 4.70. The molecule has 0 saturated carbocycles. The Kier molecular flexibility index (Phi) is 3.99. The lowest BCUT2D eigenvalue weighted by Gasteiger charge is -2.17. The number of benzene rings is 1. The van der Waals surface area contributed by atoms with Gasteiger partial charge in [-0.1, -0.05) is 18.2 Å². The monoisotopic (exact) mass is 301 g/mol. The molecule has 3 rings (SSSR count). The van der Waals surface area contributed by atoms with Crippen LogP contribution in [0.1, 0.15) is 36.6 Å². The number of para-hydroxylation sites is 1. The summed E-state index contributed by atoms with van der Waals surface area (Å²) in [5.41, 5.74) is 0.812. The van der Waals surface area contributed by atoms with E-state index in [1.165, 1.54) is 4.88 Å². The van der Waals surface area contributed by atoms with Gasteiger partial charge in [-0.3, -0.25) is 0 Å². The fourth-order valence-electron chi connectivity index (χ4n) is 2.51. The third-order valence-electron chi connectivity index (χ3n) is 3.64. The summed E-state index contributed by atoms with van der Waals surface area (Å²) in [6.45, 7) is 4.29. The van der Waals surface area contributed by atoms with Crippen molar-refractivity contribution in [1.29, 1.82) is 0 Å². The number of thiophene rings is 1. The van der Waals surface area contributed by atoms with Crippen molar-refractivity contribution in [3.8, 4) is 5.75 Å². The summed E-state index contributed by atoms with van der Waals surface area (Å²) in [5.74, 6) is 1.70. The minimum absolute atomic E-state index is 0.138. The molecular weight excluding hydrogens is 282 g/mol. The van der Waals surface area contributed by atoms with E-state index in [-0.39, 0.29) is 6.04 Å². The summed E-state index contributed by atoms with van der Waals surface area (Å²) in [6, 6.07) is 12.7. The minimum atomic E-state index is 0.138. The van der Waals surface area contributed by atoms with Gasteiger partial charge >= 0.3 is 0 Å². The fourth-order valence-corrected chi connectivity index (χ4v) is 3.25. The molecule has 0 aliphatic carbocycles. The number of nitrogens with one attached hydrogen (secondary N) is 1. The summed E-state index contributed by atoms with van der Waals surface area (Å²) >= 11 is 1.77. The highest BCUT2D eigenvalue weighted by molar-refractivity contribution is 7.10. The second kappa shape index (κ2) is 5.92. The Labute approximate surface area is 128 Å². The van der Waals surface area contributed by atoms with Crippen molar-refractivity contribution in [2.45, 2.75) is 25.9 Å². The van der Waals surface area contributed by atoms with Crippen LogP contribution in [0.15, 0.2) is 46.2 Å². The quantitative estimate of drug-likeness (QED) is 0.726. The van der Waals surface area contributed by atoms with E-state index < -0.39 is 0 Å². The second-order valence-corrected chi connectivity index (χ2v) is 6.13. The minimum Gasteiger partial charge on any atom is -0.493 e. The molecule has 2 heterocycles. The van der Waals surface area contributed by atoms with E-state index in [1.807, 2.05) is 18.2 Å². The van der Waals surface area contributed by atoms with Gasteiger partial charge in [0.05, 0.1) is 13.2 Å². The molecule has 1 N–H and O–H groups in total. The molecule has 3 nitrogen and oxygen atoms in total. The number of furan rings is 1. The number of fused-ring (bicyclic) bond motifs is 1. The Hall–Kier alpha value is -1.78. The van der Waals surface area contributed by atoms with Gasteiger partial charge in [0.2, 0.25) is 0 Å². The van der Waals surface area contributed by atoms with Gasteiger partial charge in [0.25, 0.3) is 0 Å². The first-order chi connectivity index (χ1) is 10.2. The zero-order valence-corrected chi connectivity index (χ0v) is 13.2. The zero-order chi connectivity index (χ0) is 14.8. The van der Waals surface area contributed by atoms with E-state index >= 15 is 0 Å². The smallest absolute Gasteiger partial charge is 0.176 e. The molecule has 4 heteroatoms. The zero-order valence-electron chi connectivity index (χ0n) is 12.4. The molecule has 0 aliphatic rings. The van der Waals surface area contributed by atoms with Crippen LogP contribution in [0.2, 0.25) is 0 Å². The number of methoxy groups -OCH3 is 1. The highest BCUT2D eigenvalue weighted by atomic mass is 32.1. The number of rotatable bonds is 5. The maximum atomic E-state index is 5.99. The van der Waals surface area contributed by atoms with Gasteiger partial charge < -0.3 is 14.5 Å². The first kappa shape index (κ1) is 14.2. The van der Waals surface area contributed by atoms with E-state index in [9.17, 15) is 0 Å². The molecular formula is C17H19NO2S. The number of hydrogen-bond acceptors (Lipinski definition) is 4. The van der Waals surface area contributed by atoms with E-state index in [0.717, 1.165) is 22.5 Å². The van der Waals surface area contributed by atoms with Crippen molar-refractivity contribution in [2.24, 2.45) is 0 Å². The molecule has 0 fully saturated rings. The van der Waals surface area contributed by atoms with E-state index in [0.29, 0.717) is 6.04 Å². The number of hydrogen-bond donors (Lipinski definition) is 1. The molecule has 3 aromatic rings. The van der Waals surface area contributed by atoms with E-state index in [4.69, 9.17) is 9.15 Å². The van der Waals surface area contributed by atoms with E-state index in [2.05, 4.69) is 42.7 Å². The van der Waals surface area contributed by atoms with Gasteiger partial charge in [0, 0.05) is 16.3 Å². The molecule has 0 bridgehead atoms. The topological polar surface area (TPSA) is 34.4 Å². The summed E-state index contributed by atoms with van der Waals surface area (Å²) in [6.07, 6.45) is 0. The van der Waals surface area contributed by atoms with Crippen molar-refractivity contribution in [3.63, 3.8) is 0 Å². The van der Waals surface area contributed by atoms with Crippen molar-refractivity contribution in [2.75, 3.05) is 7.11 Å². The van der Waals surface area contributed by atoms with Gasteiger partial charge in [-0.05, 0) is 37.4 Å². The average molecular weight is 301 g/mol. The second-order valence-electron chi connectivity index (χ2n) is 5.15. The molecule has 110 valence electrons. The Morgan fingerprint density at radius 2 is 2.00 bits per heavy atom. The first-order valence-corrected chi connectivity index (χ1v) is 7.93. The van der Waals surface area contributed by atoms with Crippen LogP contribution in [0.25, 0.3) is 11.0 Å². The van der Waals surface area contributed by atoms with Gasteiger partial charge in [-0.2, -0.15) is 0 Å². The Morgan fingerprint density at radius 1 is 1.14 bits per heavy atom. The molecule has 2 atom stereocenters. The van der Waals surface area contributed by atoms with Crippen LogP contribution in [0.5, 0.6) is 5.75 Å². The van der Waals surface area contributed by atoms with Gasteiger partial charge in [0.15, 0.2) is 11.3 Å². The maximum absolute atomic E-state index is 5.99. The highest BCUT2D eigenvalue weighted by Gasteiger charge is 2.16. The predicted octanol–water partition coefficient (Wildman–Crippen LogP) is 4.91. The fraction of sp³-hybridized carbons (Fsp3) is 0.294. The van der Waals surface area contributed by atoms with Crippen LogP contribution < -0.4 is 10.1 Å². The van der Waals surface area contributed by atoms with Crippen LogP contribution in [0.3, 0.4) is 0 Å². The SMILES string of the molecule is COc1cccc2cc(C(C)NC(C)c3cccs3)oc12. The van der Waals surface area contributed by atoms with Gasteiger partial charge in [0.1, 0.15) is 5.76 Å². The lowest BCUT2D eigenvalue weighted by Crippen LogP contribution is -2.21. The standard InChI is InChI=1S/C17H19NO2S/c1-11(18-12(2)16-8-5-9-21-16)15-10-13-6-4-7-14(19-3)17(13)20-15/h4-12,18H,1-3H3. The Morgan fingerprint density at radius 3 is 2.71 bits per heavy atom. The van der Waals surface area contributed by atoms with Crippen molar-refractivity contribution in [3.05, 3.63) is 52.4 Å². The normalized spacial score (nSPS) is 14.2. The molecule has 2 unspecified atom stereocenters. The van der Waals surface area contributed by atoms with Gasteiger partial charge in [-0.15, -0.1) is 11.3 Å². The molecule has 21 heavy (non-hydrogen) atoms. The van der Waals surface area contributed by atoms with E-state index in [1.54, 1.807) is 18.4 Å². The molecule has 0 spiro atoms. The van der Waals surface area contributed by atoms with Crippen molar-refractivity contribution < 1.29 is 9.15 Å². The maximum Gasteiger partial charge on any atom is 0.176 e. The van der Waals surface area contributed by atoms with Crippen LogP contribution in [-0.2, 0) is 0 Å². The lowest BCUT2D eigenvalue weighted by molar-refractivity contribution is 0.392. The predicted molar refractivity (Wildman–Crippen MR) is 87.1 cm³/mol.